The molecule has 1 atom stereocenters. The van der Waals surface area contributed by atoms with Crippen molar-refractivity contribution < 1.29 is 19.0 Å². The average Bonchev–Trinajstić information content (AvgIpc) is 3.35. The van der Waals surface area contributed by atoms with Gasteiger partial charge in [0.05, 0.1) is 35.9 Å². The number of carbonyl (C=O) groups is 1. The molecular weight excluding hydrogens is 501 g/mol. The van der Waals surface area contributed by atoms with Gasteiger partial charge in [0.15, 0.2) is 11.5 Å². The lowest BCUT2D eigenvalue weighted by molar-refractivity contribution is -0.139. The lowest BCUT2D eigenvalue weighted by atomic mass is 10.2. The molecule has 10 nitrogen and oxygen atoms in total. The van der Waals surface area contributed by atoms with Crippen LogP contribution in [0.4, 0.5) is 21.7 Å². The number of hydrogen-bond donors (Lipinski definition) is 2. The maximum absolute atomic E-state index is 14.1. The van der Waals surface area contributed by atoms with E-state index in [0.29, 0.717) is 54.0 Å². The highest BCUT2D eigenvalue weighted by Crippen LogP contribution is 2.33. The van der Waals surface area contributed by atoms with Crippen molar-refractivity contribution >= 4 is 40.5 Å². The van der Waals surface area contributed by atoms with Gasteiger partial charge in [-0.05, 0) is 31.2 Å². The van der Waals surface area contributed by atoms with Gasteiger partial charge in [-0.2, -0.15) is 0 Å². The molecule has 0 saturated carbocycles. The van der Waals surface area contributed by atoms with Crippen LogP contribution in [-0.4, -0.2) is 74.7 Å². The molecule has 37 heavy (non-hydrogen) atoms. The van der Waals surface area contributed by atoms with Crippen LogP contribution in [0.5, 0.6) is 5.75 Å². The minimum atomic E-state index is -0.999. The Morgan fingerprint density at radius 3 is 2.70 bits per heavy atom. The van der Waals surface area contributed by atoms with Crippen molar-refractivity contribution in [2.24, 2.45) is 0 Å². The Hall–Kier alpha value is -3.96. The summed E-state index contributed by atoms with van der Waals surface area (Å²) in [5, 5.41) is 13.0. The third kappa shape index (κ3) is 4.87. The Labute approximate surface area is 217 Å². The maximum Gasteiger partial charge on any atom is 0.251 e. The maximum atomic E-state index is 14.1. The van der Waals surface area contributed by atoms with E-state index in [2.05, 4.69) is 25.2 Å². The van der Waals surface area contributed by atoms with Crippen molar-refractivity contribution in [2.75, 3.05) is 43.5 Å². The average molecular weight is 526 g/mol. The van der Waals surface area contributed by atoms with Gasteiger partial charge in [0.2, 0.25) is 5.95 Å². The van der Waals surface area contributed by atoms with Crippen molar-refractivity contribution in [1.82, 2.24) is 24.3 Å². The number of nitrogens with zero attached hydrogens (tertiary/aromatic N) is 6. The third-order valence-electron chi connectivity index (χ3n) is 6.22. The molecule has 1 aliphatic heterocycles. The molecule has 12 heteroatoms. The summed E-state index contributed by atoms with van der Waals surface area (Å²) in [6, 6.07) is 8.63. The van der Waals surface area contributed by atoms with Gasteiger partial charge in [-0.25, -0.2) is 19.3 Å². The number of nitrogens with one attached hydrogen (secondary N) is 1. The molecule has 0 unspecified atom stereocenters. The fourth-order valence-electron chi connectivity index (χ4n) is 4.31. The van der Waals surface area contributed by atoms with Gasteiger partial charge < -0.3 is 25.0 Å². The minimum absolute atomic E-state index is 0.176. The number of amides is 1. The number of methoxy groups -OCH3 is 1. The molecule has 4 aromatic rings. The van der Waals surface area contributed by atoms with E-state index in [1.807, 2.05) is 18.2 Å². The monoisotopic (exact) mass is 525 g/mol. The zero-order valence-corrected chi connectivity index (χ0v) is 21.0. The number of aromatic nitrogens is 4. The zero-order chi connectivity index (χ0) is 26.1. The first kappa shape index (κ1) is 24.7. The van der Waals surface area contributed by atoms with Crippen LogP contribution in [0.25, 0.3) is 17.0 Å². The van der Waals surface area contributed by atoms with Crippen molar-refractivity contribution in [3.63, 3.8) is 0 Å². The Bertz CT molecular complexity index is 1450. The van der Waals surface area contributed by atoms with E-state index in [4.69, 9.17) is 16.3 Å². The molecule has 1 amide bonds. The molecule has 5 rings (SSSR count). The van der Waals surface area contributed by atoms with E-state index >= 15 is 0 Å². The molecule has 0 aliphatic carbocycles. The number of benzene rings is 1. The number of aliphatic hydroxyl groups is 1. The van der Waals surface area contributed by atoms with Gasteiger partial charge in [-0.1, -0.05) is 11.6 Å². The highest BCUT2D eigenvalue weighted by molar-refractivity contribution is 6.32. The number of ether oxygens (including phenoxy) is 1. The van der Waals surface area contributed by atoms with Crippen LogP contribution in [0.15, 0.2) is 48.9 Å². The third-order valence-corrected chi connectivity index (χ3v) is 6.50. The quantitative estimate of drug-likeness (QED) is 0.394. The predicted molar refractivity (Wildman–Crippen MR) is 138 cm³/mol. The number of halogens is 2. The molecule has 1 fully saturated rings. The molecule has 1 saturated heterocycles. The van der Waals surface area contributed by atoms with Crippen molar-refractivity contribution in [2.45, 2.75) is 13.0 Å². The second-order valence-corrected chi connectivity index (χ2v) is 8.99. The fourth-order valence-corrected chi connectivity index (χ4v) is 4.50. The summed E-state index contributed by atoms with van der Waals surface area (Å²) < 4.78 is 21.3. The number of pyridine rings is 1. The molecule has 0 radical (unpaired) electrons. The normalized spacial score (nSPS) is 14.6. The summed E-state index contributed by atoms with van der Waals surface area (Å²) in [6.07, 6.45) is 3.68. The molecule has 4 heterocycles. The molecule has 1 aliphatic rings. The van der Waals surface area contributed by atoms with Crippen LogP contribution >= 0.6 is 11.6 Å². The lowest BCUT2D eigenvalue weighted by Gasteiger charge is -2.36. The van der Waals surface area contributed by atoms with Crippen LogP contribution in [-0.2, 0) is 4.79 Å². The number of fused-ring (bicyclic) bond motifs is 1. The van der Waals surface area contributed by atoms with Gasteiger partial charge in [-0.3, -0.25) is 9.20 Å². The molecule has 3 aromatic heterocycles. The highest BCUT2D eigenvalue weighted by atomic mass is 35.5. The van der Waals surface area contributed by atoms with Crippen molar-refractivity contribution in [1.29, 1.82) is 0 Å². The van der Waals surface area contributed by atoms with E-state index in [0.717, 1.165) is 5.69 Å². The zero-order valence-electron chi connectivity index (χ0n) is 20.2. The highest BCUT2D eigenvalue weighted by Gasteiger charge is 2.24. The van der Waals surface area contributed by atoms with E-state index in [-0.39, 0.29) is 17.5 Å². The van der Waals surface area contributed by atoms with Crippen molar-refractivity contribution in [3.05, 3.63) is 59.8 Å². The fraction of sp³-hybridized carbons (Fsp3) is 0.280. The first-order chi connectivity index (χ1) is 17.9. The molecule has 0 bridgehead atoms. The molecular formula is C25H25ClFN7O3. The molecule has 192 valence electrons. The second kappa shape index (κ2) is 10.2. The summed E-state index contributed by atoms with van der Waals surface area (Å²) in [5.41, 5.74) is 2.69. The van der Waals surface area contributed by atoms with Crippen LogP contribution in [0.1, 0.15) is 6.92 Å². The van der Waals surface area contributed by atoms with E-state index < -0.39 is 11.9 Å². The SMILES string of the molecule is COc1cc(N2CCN(C(=O)[C@@H](C)O)CC2)ccc1Nc1ncc(Cl)c(-c2cnc3c(F)cccn23)n1. The molecule has 2 N–H and O–H groups in total. The number of imidazole rings is 1. The van der Waals surface area contributed by atoms with Gasteiger partial charge in [0.25, 0.3) is 5.91 Å². The van der Waals surface area contributed by atoms with Crippen LogP contribution < -0.4 is 15.0 Å². The number of anilines is 3. The first-order valence-electron chi connectivity index (χ1n) is 11.7. The number of aliphatic hydroxyl groups excluding tert-OH is 1. The predicted octanol–water partition coefficient (Wildman–Crippen LogP) is 3.37. The Morgan fingerprint density at radius 2 is 1.97 bits per heavy atom. The number of hydrogen-bond acceptors (Lipinski definition) is 8. The number of piperazine rings is 1. The summed E-state index contributed by atoms with van der Waals surface area (Å²) in [7, 11) is 1.57. The standard InChI is InChI=1S/C25H25ClFN7O3/c1-15(35)24(36)33-10-8-32(9-11-33)16-5-6-19(21(12-16)37-2)30-25-29-13-17(26)22(31-25)20-14-28-23-18(27)4-3-7-34(20)23/h3-7,12-15,35H,8-11H2,1-2H3,(H,29,30,31)/t15-/m1/s1. The van der Waals surface area contributed by atoms with E-state index in [1.54, 1.807) is 28.7 Å². The Kier molecular flexibility index (Phi) is 6.81. The number of carbonyl (C=O) groups excluding carboxylic acids is 1. The number of rotatable bonds is 6. The largest absolute Gasteiger partial charge is 0.494 e. The summed E-state index contributed by atoms with van der Waals surface area (Å²) in [4.78, 5) is 28.9. The van der Waals surface area contributed by atoms with Gasteiger partial charge >= 0.3 is 0 Å². The summed E-state index contributed by atoms with van der Waals surface area (Å²) in [6.45, 7) is 3.81. The second-order valence-electron chi connectivity index (χ2n) is 8.58. The van der Waals surface area contributed by atoms with Crippen LogP contribution in [0.2, 0.25) is 5.02 Å². The Morgan fingerprint density at radius 1 is 1.19 bits per heavy atom. The van der Waals surface area contributed by atoms with Gasteiger partial charge in [0, 0.05) is 44.1 Å². The van der Waals surface area contributed by atoms with Crippen LogP contribution in [0, 0.1) is 5.82 Å². The minimum Gasteiger partial charge on any atom is -0.494 e. The summed E-state index contributed by atoms with van der Waals surface area (Å²) in [5.74, 6) is 0.158. The van der Waals surface area contributed by atoms with Gasteiger partial charge in [0.1, 0.15) is 17.5 Å². The van der Waals surface area contributed by atoms with Crippen LogP contribution in [0.3, 0.4) is 0 Å². The van der Waals surface area contributed by atoms with Crippen molar-refractivity contribution in [3.8, 4) is 17.1 Å². The Balaban J connectivity index is 1.36. The lowest BCUT2D eigenvalue weighted by Crippen LogP contribution is -2.51. The van der Waals surface area contributed by atoms with E-state index in [1.165, 1.54) is 25.4 Å². The first-order valence-corrected chi connectivity index (χ1v) is 12.0. The smallest absolute Gasteiger partial charge is 0.251 e. The van der Waals surface area contributed by atoms with E-state index in [9.17, 15) is 14.3 Å². The topological polar surface area (TPSA) is 108 Å². The summed E-state index contributed by atoms with van der Waals surface area (Å²) >= 11 is 6.39. The molecule has 1 aromatic carbocycles. The molecule has 0 spiro atoms. The van der Waals surface area contributed by atoms with Gasteiger partial charge in [-0.15, -0.1) is 0 Å².